The molecule has 0 saturated carbocycles. The second kappa shape index (κ2) is 11.3. The van der Waals surface area contributed by atoms with E-state index in [1.54, 1.807) is 19.0 Å². The van der Waals surface area contributed by atoms with E-state index in [1.807, 2.05) is 18.2 Å². The largest absolute Gasteiger partial charge is 0.374 e. The third-order valence-electron chi connectivity index (χ3n) is 7.48. The van der Waals surface area contributed by atoms with E-state index >= 15 is 0 Å². The van der Waals surface area contributed by atoms with Crippen LogP contribution in [0.1, 0.15) is 43.9 Å². The summed E-state index contributed by atoms with van der Waals surface area (Å²) < 4.78 is 54.5. The van der Waals surface area contributed by atoms with E-state index in [2.05, 4.69) is 4.90 Å². The van der Waals surface area contributed by atoms with Gasteiger partial charge in [0.25, 0.3) is 0 Å². The summed E-state index contributed by atoms with van der Waals surface area (Å²) in [6, 6.07) is 8.34. The first kappa shape index (κ1) is 27.3. The maximum absolute atomic E-state index is 14.1. The van der Waals surface area contributed by atoms with Crippen LogP contribution >= 0.6 is 11.6 Å². The van der Waals surface area contributed by atoms with E-state index in [0.29, 0.717) is 35.5 Å². The van der Waals surface area contributed by atoms with E-state index in [0.717, 1.165) is 69.1 Å². The Morgan fingerprint density at radius 1 is 1.00 bits per heavy atom. The molecule has 10 heteroatoms. The molecule has 1 N–H and O–H groups in total. The molecule has 2 aromatic rings. The van der Waals surface area contributed by atoms with Crippen molar-refractivity contribution >= 4 is 27.3 Å². The number of halogens is 3. The van der Waals surface area contributed by atoms with Crippen molar-refractivity contribution in [1.29, 1.82) is 0 Å². The lowest BCUT2D eigenvalue weighted by molar-refractivity contribution is 0.0396. The van der Waals surface area contributed by atoms with Crippen molar-refractivity contribution in [3.63, 3.8) is 0 Å². The molecule has 198 valence electrons. The highest BCUT2D eigenvalue weighted by atomic mass is 35.5. The van der Waals surface area contributed by atoms with E-state index in [4.69, 9.17) is 11.6 Å². The van der Waals surface area contributed by atoms with Crippen LogP contribution in [-0.2, 0) is 10.0 Å². The minimum Gasteiger partial charge on any atom is -0.374 e. The van der Waals surface area contributed by atoms with Gasteiger partial charge in [-0.05, 0) is 88.4 Å². The normalized spacial score (nSPS) is 19.7. The van der Waals surface area contributed by atoms with Crippen LogP contribution < -0.4 is 4.90 Å². The summed E-state index contributed by atoms with van der Waals surface area (Å²) in [5.41, 5.74) is 1.74. The van der Waals surface area contributed by atoms with Crippen molar-refractivity contribution in [3.05, 3.63) is 58.6 Å². The minimum atomic E-state index is -4.04. The molecule has 2 saturated heterocycles. The molecule has 0 spiro atoms. The Hall–Kier alpha value is -1.78. The van der Waals surface area contributed by atoms with Gasteiger partial charge in [0, 0.05) is 42.5 Å². The van der Waals surface area contributed by atoms with Crippen LogP contribution in [0.15, 0.2) is 41.3 Å². The summed E-state index contributed by atoms with van der Waals surface area (Å²) in [7, 11) is -0.447. The summed E-state index contributed by atoms with van der Waals surface area (Å²) in [5.74, 6) is -0.692. The summed E-state index contributed by atoms with van der Waals surface area (Å²) in [5, 5.41) is 10.8. The van der Waals surface area contributed by atoms with Crippen molar-refractivity contribution in [2.45, 2.75) is 43.2 Å². The minimum absolute atomic E-state index is 0.325. The molecule has 2 aromatic carbocycles. The molecule has 0 bridgehead atoms. The predicted octanol–water partition coefficient (Wildman–Crippen LogP) is 4.88. The fraction of sp³-hybridized carbons (Fsp3) is 0.538. The lowest BCUT2D eigenvalue weighted by atomic mass is 9.83. The number of nitrogens with zero attached hydrogens (tertiary/aromatic N) is 3. The lowest BCUT2D eigenvalue weighted by Crippen LogP contribution is -2.40. The molecule has 0 radical (unpaired) electrons. The molecular weight excluding hydrogens is 508 g/mol. The Morgan fingerprint density at radius 3 is 2.19 bits per heavy atom. The van der Waals surface area contributed by atoms with Gasteiger partial charge in [0.1, 0.15) is 22.8 Å². The third-order valence-corrected chi connectivity index (χ3v) is 9.72. The van der Waals surface area contributed by atoms with Gasteiger partial charge in [0.2, 0.25) is 10.0 Å². The standard InChI is InChI=1S/C26H34ClF2N3O3S/c1-30(2)26(33)22-5-4-21(17-23(22)27)31-11-7-18(8-12-31)15-19-9-13-32(14-10-19)36(34,35)25-16-20(28)3-6-24(25)29/h3-6,16-19,26,33H,7-15H2,1-2H3. The van der Waals surface area contributed by atoms with Crippen LogP contribution in [0.25, 0.3) is 0 Å². The molecule has 1 atom stereocenters. The van der Waals surface area contributed by atoms with Crippen molar-refractivity contribution in [2.24, 2.45) is 11.8 Å². The smallest absolute Gasteiger partial charge is 0.246 e. The van der Waals surface area contributed by atoms with Crippen LogP contribution in [0.5, 0.6) is 0 Å². The van der Waals surface area contributed by atoms with Crippen LogP contribution in [-0.4, -0.2) is 63.0 Å². The molecule has 2 aliphatic heterocycles. The average Bonchev–Trinajstić information content (AvgIpc) is 2.85. The van der Waals surface area contributed by atoms with Gasteiger partial charge in [-0.15, -0.1) is 0 Å². The second-order valence-electron chi connectivity index (χ2n) is 10.1. The summed E-state index contributed by atoms with van der Waals surface area (Å²) in [6.45, 7) is 2.49. The Morgan fingerprint density at radius 2 is 1.61 bits per heavy atom. The number of aliphatic hydroxyl groups excluding tert-OH is 1. The molecular formula is C26H34ClF2N3O3S. The first-order valence-corrected chi connectivity index (χ1v) is 14.2. The van der Waals surface area contributed by atoms with E-state index in [1.165, 1.54) is 4.31 Å². The second-order valence-corrected chi connectivity index (χ2v) is 12.4. The van der Waals surface area contributed by atoms with Crippen LogP contribution in [0.4, 0.5) is 14.5 Å². The Kier molecular flexibility index (Phi) is 8.56. The number of anilines is 1. The molecule has 0 aliphatic carbocycles. The number of benzene rings is 2. The van der Waals surface area contributed by atoms with Gasteiger partial charge in [-0.25, -0.2) is 17.2 Å². The molecule has 2 heterocycles. The summed E-state index contributed by atoms with van der Waals surface area (Å²) in [4.78, 5) is 3.43. The number of hydrogen-bond acceptors (Lipinski definition) is 5. The van der Waals surface area contributed by atoms with E-state index in [-0.39, 0.29) is 0 Å². The molecule has 6 nitrogen and oxygen atoms in total. The predicted molar refractivity (Wildman–Crippen MR) is 137 cm³/mol. The molecule has 0 aromatic heterocycles. The maximum atomic E-state index is 14.1. The van der Waals surface area contributed by atoms with E-state index in [9.17, 15) is 22.3 Å². The number of hydrogen-bond donors (Lipinski definition) is 1. The average molecular weight is 542 g/mol. The van der Waals surface area contributed by atoms with Crippen LogP contribution in [0, 0.1) is 23.5 Å². The lowest BCUT2D eigenvalue weighted by Gasteiger charge is -2.37. The van der Waals surface area contributed by atoms with Crippen molar-refractivity contribution in [2.75, 3.05) is 45.2 Å². The van der Waals surface area contributed by atoms with Crippen molar-refractivity contribution < 1.29 is 22.3 Å². The third kappa shape index (κ3) is 6.02. The highest BCUT2D eigenvalue weighted by Crippen LogP contribution is 2.35. The van der Waals surface area contributed by atoms with Gasteiger partial charge >= 0.3 is 0 Å². The van der Waals surface area contributed by atoms with Gasteiger partial charge in [0.15, 0.2) is 0 Å². The van der Waals surface area contributed by atoms with Crippen LogP contribution in [0.3, 0.4) is 0 Å². The van der Waals surface area contributed by atoms with Crippen molar-refractivity contribution in [3.8, 4) is 0 Å². The topological polar surface area (TPSA) is 64.1 Å². The first-order chi connectivity index (χ1) is 17.1. The SMILES string of the molecule is CN(C)C(O)c1ccc(N2CCC(CC3CCN(S(=O)(=O)c4cc(F)ccc4F)CC3)CC2)cc1Cl. The summed E-state index contributed by atoms with van der Waals surface area (Å²) >= 11 is 6.44. The monoisotopic (exact) mass is 541 g/mol. The Bertz CT molecular complexity index is 1170. The molecule has 36 heavy (non-hydrogen) atoms. The van der Waals surface area contributed by atoms with Gasteiger partial charge in [-0.1, -0.05) is 17.7 Å². The van der Waals surface area contributed by atoms with Gasteiger partial charge in [-0.3, -0.25) is 4.90 Å². The zero-order valence-corrected chi connectivity index (χ0v) is 22.3. The fourth-order valence-electron chi connectivity index (χ4n) is 5.30. The van der Waals surface area contributed by atoms with Gasteiger partial charge in [0.05, 0.1) is 0 Å². The highest BCUT2D eigenvalue weighted by Gasteiger charge is 2.33. The van der Waals surface area contributed by atoms with E-state index < -0.39 is 32.8 Å². The molecule has 1 unspecified atom stereocenters. The van der Waals surface area contributed by atoms with Gasteiger partial charge in [-0.2, -0.15) is 4.31 Å². The number of sulfonamides is 1. The summed E-state index contributed by atoms with van der Waals surface area (Å²) in [6.07, 6.45) is 3.85. The maximum Gasteiger partial charge on any atom is 0.246 e. The zero-order valence-electron chi connectivity index (χ0n) is 20.7. The molecule has 4 rings (SSSR count). The Labute approximate surface area is 217 Å². The molecule has 2 aliphatic rings. The first-order valence-electron chi connectivity index (χ1n) is 12.4. The number of piperidine rings is 2. The number of rotatable bonds is 7. The Balaban J connectivity index is 1.27. The quantitative estimate of drug-likeness (QED) is 0.506. The fourth-order valence-corrected chi connectivity index (χ4v) is 7.12. The number of aliphatic hydroxyl groups is 1. The van der Waals surface area contributed by atoms with Crippen LogP contribution in [0.2, 0.25) is 5.02 Å². The van der Waals surface area contributed by atoms with Crippen molar-refractivity contribution in [1.82, 2.24) is 9.21 Å². The molecule has 2 fully saturated rings. The molecule has 0 amide bonds. The zero-order chi connectivity index (χ0) is 26.0. The van der Waals surface area contributed by atoms with Gasteiger partial charge < -0.3 is 10.0 Å². The highest BCUT2D eigenvalue weighted by molar-refractivity contribution is 7.89.